The van der Waals surface area contributed by atoms with Crippen LogP contribution in [0, 0.1) is 0 Å². The van der Waals surface area contributed by atoms with E-state index in [1.54, 1.807) is 7.11 Å². The van der Waals surface area contributed by atoms with Gasteiger partial charge in [-0.3, -0.25) is 9.89 Å². The van der Waals surface area contributed by atoms with Crippen molar-refractivity contribution in [2.75, 3.05) is 33.8 Å². The molecule has 2 aromatic rings. The molecule has 0 radical (unpaired) electrons. The van der Waals surface area contributed by atoms with Gasteiger partial charge in [-0.15, -0.1) is 35.3 Å². The highest BCUT2D eigenvalue weighted by Gasteiger charge is 2.26. The number of likely N-dealkylation sites (tertiary alicyclic amines) is 1. The number of guanidine groups is 1. The quantitative estimate of drug-likeness (QED) is 0.316. The van der Waals surface area contributed by atoms with Crippen molar-refractivity contribution < 1.29 is 4.74 Å². The smallest absolute Gasteiger partial charge is 0.191 e. The minimum atomic E-state index is 0. The molecule has 166 valence electrons. The first-order chi connectivity index (χ1) is 14.3. The van der Waals surface area contributed by atoms with Gasteiger partial charge in [0, 0.05) is 38.0 Å². The number of halogens is 1. The zero-order valence-corrected chi connectivity index (χ0v) is 20.9. The number of thiophene rings is 1. The van der Waals surface area contributed by atoms with E-state index in [9.17, 15) is 0 Å². The minimum absolute atomic E-state index is 0. The Bertz CT molecular complexity index is 804. The van der Waals surface area contributed by atoms with Crippen molar-refractivity contribution in [3.8, 4) is 0 Å². The molecule has 0 saturated carbocycles. The van der Waals surface area contributed by atoms with E-state index in [0.29, 0.717) is 12.6 Å². The Morgan fingerprint density at radius 1 is 1.40 bits per heavy atom. The van der Waals surface area contributed by atoms with Crippen LogP contribution in [0.1, 0.15) is 41.8 Å². The molecule has 2 N–H and O–H groups in total. The average Bonchev–Trinajstić information content (AvgIpc) is 3.49. The lowest BCUT2D eigenvalue weighted by molar-refractivity contribution is 0.177. The molecule has 0 bridgehead atoms. The van der Waals surface area contributed by atoms with Gasteiger partial charge in [0.25, 0.3) is 0 Å². The van der Waals surface area contributed by atoms with E-state index in [1.165, 1.54) is 30.8 Å². The highest BCUT2D eigenvalue weighted by atomic mass is 127. The molecule has 0 aliphatic carbocycles. The van der Waals surface area contributed by atoms with E-state index in [-0.39, 0.29) is 30.0 Å². The summed E-state index contributed by atoms with van der Waals surface area (Å²) < 4.78 is 7.16. The molecule has 0 amide bonds. The molecule has 2 atom stereocenters. The molecule has 0 spiro atoms. The molecule has 1 saturated heterocycles. The van der Waals surface area contributed by atoms with E-state index in [0.717, 1.165) is 43.5 Å². The van der Waals surface area contributed by atoms with Crippen LogP contribution in [0.2, 0.25) is 0 Å². The Morgan fingerprint density at radius 2 is 2.23 bits per heavy atom. The van der Waals surface area contributed by atoms with Crippen molar-refractivity contribution >= 4 is 41.3 Å². The first-order valence-electron chi connectivity index (χ1n) is 10.4. The summed E-state index contributed by atoms with van der Waals surface area (Å²) in [5.41, 5.74) is 0. The van der Waals surface area contributed by atoms with Crippen LogP contribution in [0.3, 0.4) is 0 Å². The van der Waals surface area contributed by atoms with E-state index in [2.05, 4.69) is 48.1 Å². The second-order valence-corrected chi connectivity index (χ2v) is 8.65. The first kappa shape index (κ1) is 23.4. The van der Waals surface area contributed by atoms with Crippen molar-refractivity contribution in [2.45, 2.75) is 50.9 Å². The predicted octanol–water partition coefficient (Wildman–Crippen LogP) is 2.42. The van der Waals surface area contributed by atoms with Crippen LogP contribution in [0.25, 0.3) is 0 Å². The Kier molecular flexibility index (Phi) is 8.90. The molecular formula is C20H32IN7OS. The Hall–Kier alpha value is -1.24. The summed E-state index contributed by atoms with van der Waals surface area (Å²) in [6.07, 6.45) is 4.52. The molecule has 30 heavy (non-hydrogen) atoms. The molecule has 0 aromatic carbocycles. The number of ether oxygens (including phenoxy) is 1. The maximum Gasteiger partial charge on any atom is 0.191 e. The van der Waals surface area contributed by atoms with Crippen molar-refractivity contribution in [3.63, 3.8) is 0 Å². The van der Waals surface area contributed by atoms with Gasteiger partial charge in [-0.25, -0.2) is 9.67 Å². The zero-order valence-electron chi connectivity index (χ0n) is 17.7. The molecular weight excluding hydrogens is 513 g/mol. The van der Waals surface area contributed by atoms with Gasteiger partial charge in [0.05, 0.1) is 12.6 Å². The number of aliphatic imine (C=N–C) groups is 1. The van der Waals surface area contributed by atoms with Gasteiger partial charge in [-0.05, 0) is 43.8 Å². The first-order valence-corrected chi connectivity index (χ1v) is 11.3. The van der Waals surface area contributed by atoms with Crippen LogP contribution in [0.4, 0.5) is 0 Å². The van der Waals surface area contributed by atoms with Crippen molar-refractivity contribution in [1.29, 1.82) is 0 Å². The fourth-order valence-corrected chi connectivity index (χ4v) is 5.05. The van der Waals surface area contributed by atoms with E-state index < -0.39 is 0 Å². The Balaban J connectivity index is 0.00000256. The number of hydrogen-bond acceptors (Lipinski definition) is 6. The van der Waals surface area contributed by atoms with Gasteiger partial charge in [-0.1, -0.05) is 6.07 Å². The van der Waals surface area contributed by atoms with Crippen molar-refractivity contribution in [3.05, 3.63) is 34.0 Å². The summed E-state index contributed by atoms with van der Waals surface area (Å²) >= 11 is 1.84. The summed E-state index contributed by atoms with van der Waals surface area (Å²) in [7, 11) is 3.51. The van der Waals surface area contributed by atoms with Gasteiger partial charge < -0.3 is 15.4 Å². The van der Waals surface area contributed by atoms with Crippen LogP contribution in [-0.4, -0.2) is 65.5 Å². The maximum absolute atomic E-state index is 5.16. The highest BCUT2D eigenvalue weighted by Crippen LogP contribution is 2.27. The molecule has 4 heterocycles. The lowest BCUT2D eigenvalue weighted by Crippen LogP contribution is -2.48. The standard InChI is InChI=1S/C20H31N7OS.HI/c1-21-20(22-12-16(17-6-5-11-29-17)26-9-3-4-10-26)23-15-7-8-19-24-18(14-28-2)25-27(19)13-15;/h5-6,11,15-16H,3-4,7-10,12-14H2,1-2H3,(H2,21,22,23);1H. The second-order valence-electron chi connectivity index (χ2n) is 7.67. The summed E-state index contributed by atoms with van der Waals surface area (Å²) in [4.78, 5) is 13.0. The van der Waals surface area contributed by atoms with Gasteiger partial charge >= 0.3 is 0 Å². The number of fused-ring (bicyclic) bond motifs is 1. The maximum atomic E-state index is 5.16. The normalized spacial score (nSPS) is 20.5. The van der Waals surface area contributed by atoms with Crippen LogP contribution in [0.5, 0.6) is 0 Å². The predicted molar refractivity (Wildman–Crippen MR) is 131 cm³/mol. The lowest BCUT2D eigenvalue weighted by atomic mass is 10.1. The van der Waals surface area contributed by atoms with Crippen LogP contribution < -0.4 is 10.6 Å². The monoisotopic (exact) mass is 545 g/mol. The van der Waals surface area contributed by atoms with E-state index in [4.69, 9.17) is 4.74 Å². The average molecular weight is 545 g/mol. The number of aryl methyl sites for hydroxylation is 1. The summed E-state index contributed by atoms with van der Waals surface area (Å²) in [6.45, 7) is 4.48. The summed E-state index contributed by atoms with van der Waals surface area (Å²) in [6, 6.07) is 5.08. The van der Waals surface area contributed by atoms with Crippen molar-refractivity contribution in [2.24, 2.45) is 4.99 Å². The van der Waals surface area contributed by atoms with Gasteiger partial charge in [0.15, 0.2) is 11.8 Å². The molecule has 2 aromatic heterocycles. The van der Waals surface area contributed by atoms with E-state index in [1.807, 2.05) is 23.1 Å². The molecule has 10 heteroatoms. The van der Waals surface area contributed by atoms with E-state index >= 15 is 0 Å². The molecule has 2 unspecified atom stereocenters. The third kappa shape index (κ3) is 5.71. The van der Waals surface area contributed by atoms with Gasteiger partial charge in [-0.2, -0.15) is 5.10 Å². The number of nitrogens with one attached hydrogen (secondary N) is 2. The largest absolute Gasteiger partial charge is 0.377 e. The van der Waals surface area contributed by atoms with Crippen LogP contribution >= 0.6 is 35.3 Å². The fraction of sp³-hybridized carbons (Fsp3) is 0.650. The highest BCUT2D eigenvalue weighted by molar-refractivity contribution is 14.0. The Labute approximate surface area is 199 Å². The molecule has 4 rings (SSSR count). The summed E-state index contributed by atoms with van der Waals surface area (Å²) in [5.74, 6) is 2.66. The van der Waals surface area contributed by atoms with Crippen LogP contribution in [0.15, 0.2) is 22.5 Å². The SMILES string of the molecule is CN=C(NCC(c1cccs1)N1CCCC1)NC1CCc2nc(COC)nn2C1.I. The molecule has 2 aliphatic rings. The molecule has 8 nitrogen and oxygen atoms in total. The lowest BCUT2D eigenvalue weighted by Gasteiger charge is -2.29. The summed E-state index contributed by atoms with van der Waals surface area (Å²) in [5, 5.41) is 13.9. The topological polar surface area (TPSA) is 79.6 Å². The minimum Gasteiger partial charge on any atom is -0.377 e. The van der Waals surface area contributed by atoms with Crippen LogP contribution in [-0.2, 0) is 24.3 Å². The fourth-order valence-electron chi connectivity index (χ4n) is 4.19. The Morgan fingerprint density at radius 3 is 2.93 bits per heavy atom. The van der Waals surface area contributed by atoms with Gasteiger partial charge in [0.2, 0.25) is 0 Å². The third-order valence-electron chi connectivity index (χ3n) is 5.66. The number of methoxy groups -OCH3 is 1. The second kappa shape index (κ2) is 11.4. The number of aromatic nitrogens is 3. The third-order valence-corrected chi connectivity index (χ3v) is 6.63. The van der Waals surface area contributed by atoms with Crippen molar-refractivity contribution in [1.82, 2.24) is 30.3 Å². The zero-order chi connectivity index (χ0) is 20.1. The molecule has 2 aliphatic heterocycles. The number of nitrogens with zero attached hydrogens (tertiary/aromatic N) is 5. The molecule has 1 fully saturated rings. The number of rotatable bonds is 7. The van der Waals surface area contributed by atoms with Gasteiger partial charge in [0.1, 0.15) is 12.4 Å². The number of hydrogen-bond donors (Lipinski definition) is 2.